The molecule has 1 rings (SSSR count). The van der Waals surface area contributed by atoms with Gasteiger partial charge in [-0.25, -0.2) is 0 Å². The molecule has 0 aromatic rings. The van der Waals surface area contributed by atoms with Crippen LogP contribution in [0.5, 0.6) is 0 Å². The van der Waals surface area contributed by atoms with Gasteiger partial charge in [-0.05, 0) is 6.42 Å². The van der Waals surface area contributed by atoms with Crippen molar-refractivity contribution in [1.82, 2.24) is 5.32 Å². The van der Waals surface area contributed by atoms with Gasteiger partial charge in [-0.1, -0.05) is 0 Å². The van der Waals surface area contributed by atoms with Gasteiger partial charge in [0.25, 0.3) is 0 Å². The third-order valence-corrected chi connectivity index (χ3v) is 2.27. The highest BCUT2D eigenvalue weighted by Gasteiger charge is 2.37. The molecule has 0 spiro atoms. The number of rotatable bonds is 6. The summed E-state index contributed by atoms with van der Waals surface area (Å²) in [5, 5.41) is 11.1. The number of carbonyl (C=O) groups is 1. The van der Waals surface area contributed by atoms with Crippen LogP contribution in [0.15, 0.2) is 0 Å². The van der Waals surface area contributed by atoms with Gasteiger partial charge in [0, 0.05) is 13.2 Å². The summed E-state index contributed by atoms with van der Waals surface area (Å²) in [7, 11) is 0. The Morgan fingerprint density at radius 1 is 1.60 bits per heavy atom. The Kier molecular flexibility index (Phi) is 4.97. The highest BCUT2D eigenvalue weighted by atomic mass is 16.5. The lowest BCUT2D eigenvalue weighted by Gasteiger charge is -2.20. The SMILES string of the molecule is NC1(C(=O)NCCOCCO)CCOC1. The predicted molar refractivity (Wildman–Crippen MR) is 53.3 cm³/mol. The minimum Gasteiger partial charge on any atom is -0.394 e. The average Bonchev–Trinajstić information content (AvgIpc) is 2.66. The molecule has 88 valence electrons. The summed E-state index contributed by atoms with van der Waals surface area (Å²) in [6, 6.07) is 0. The van der Waals surface area contributed by atoms with E-state index in [4.69, 9.17) is 20.3 Å². The molecule has 0 aromatic heterocycles. The quantitative estimate of drug-likeness (QED) is 0.459. The van der Waals surface area contributed by atoms with E-state index in [1.165, 1.54) is 0 Å². The Hall–Kier alpha value is -0.690. The van der Waals surface area contributed by atoms with Gasteiger partial charge in [-0.15, -0.1) is 0 Å². The Bertz CT molecular complexity index is 204. The number of ether oxygens (including phenoxy) is 2. The molecule has 0 saturated carbocycles. The maximum absolute atomic E-state index is 11.6. The maximum Gasteiger partial charge on any atom is 0.242 e. The summed E-state index contributed by atoms with van der Waals surface area (Å²) >= 11 is 0. The summed E-state index contributed by atoms with van der Waals surface area (Å²) in [6.07, 6.45) is 0.552. The molecule has 0 aliphatic carbocycles. The number of amides is 1. The molecule has 6 nitrogen and oxygen atoms in total. The first-order valence-corrected chi connectivity index (χ1v) is 5.02. The number of hydrogen-bond acceptors (Lipinski definition) is 5. The van der Waals surface area contributed by atoms with Gasteiger partial charge in [-0.3, -0.25) is 4.79 Å². The number of nitrogens with two attached hydrogens (primary N) is 1. The fourth-order valence-electron chi connectivity index (χ4n) is 1.34. The monoisotopic (exact) mass is 218 g/mol. The first-order chi connectivity index (χ1) is 7.19. The van der Waals surface area contributed by atoms with E-state index in [9.17, 15) is 4.79 Å². The fourth-order valence-corrected chi connectivity index (χ4v) is 1.34. The number of aliphatic hydroxyl groups excluding tert-OH is 1. The van der Waals surface area contributed by atoms with Crippen LogP contribution in [0.3, 0.4) is 0 Å². The van der Waals surface area contributed by atoms with Gasteiger partial charge in [0.05, 0.1) is 26.4 Å². The molecule has 1 amide bonds. The maximum atomic E-state index is 11.6. The van der Waals surface area contributed by atoms with Crippen LogP contribution in [0.4, 0.5) is 0 Å². The number of hydrogen-bond donors (Lipinski definition) is 3. The van der Waals surface area contributed by atoms with Crippen LogP contribution in [0.25, 0.3) is 0 Å². The molecular formula is C9H18N2O4. The first kappa shape index (κ1) is 12.4. The van der Waals surface area contributed by atoms with Crippen LogP contribution < -0.4 is 11.1 Å². The summed E-state index contributed by atoms with van der Waals surface area (Å²) in [4.78, 5) is 11.6. The van der Waals surface area contributed by atoms with Crippen molar-refractivity contribution in [2.45, 2.75) is 12.0 Å². The molecule has 1 fully saturated rings. The van der Waals surface area contributed by atoms with Crippen molar-refractivity contribution in [3.8, 4) is 0 Å². The summed E-state index contributed by atoms with van der Waals surface area (Å²) in [6.45, 7) is 1.86. The zero-order valence-corrected chi connectivity index (χ0v) is 8.70. The number of nitrogens with one attached hydrogen (secondary N) is 1. The fraction of sp³-hybridized carbons (Fsp3) is 0.889. The molecule has 4 N–H and O–H groups in total. The minimum absolute atomic E-state index is 0.0113. The zero-order chi connectivity index (χ0) is 11.1. The van der Waals surface area contributed by atoms with Gasteiger partial charge in [0.15, 0.2) is 0 Å². The second kappa shape index (κ2) is 6.02. The number of carbonyl (C=O) groups excluding carboxylic acids is 1. The standard InChI is InChI=1S/C9H18N2O4/c10-9(1-4-15-7-9)8(13)11-2-5-14-6-3-12/h12H,1-7,10H2,(H,11,13). The van der Waals surface area contributed by atoms with Crippen LogP contribution in [-0.2, 0) is 14.3 Å². The van der Waals surface area contributed by atoms with E-state index in [2.05, 4.69) is 5.32 Å². The summed E-state index contributed by atoms with van der Waals surface area (Å²) in [5.74, 6) is -0.201. The smallest absolute Gasteiger partial charge is 0.242 e. The molecule has 1 aliphatic rings. The summed E-state index contributed by atoms with van der Waals surface area (Å²) in [5.41, 5.74) is 4.95. The van der Waals surface area contributed by atoms with Crippen molar-refractivity contribution in [2.75, 3.05) is 39.6 Å². The normalized spacial score (nSPS) is 25.5. The molecule has 6 heteroatoms. The van der Waals surface area contributed by atoms with Crippen molar-refractivity contribution in [2.24, 2.45) is 5.73 Å². The van der Waals surface area contributed by atoms with Crippen LogP contribution in [0.2, 0.25) is 0 Å². The molecule has 0 aromatic carbocycles. The Morgan fingerprint density at radius 2 is 2.40 bits per heavy atom. The van der Waals surface area contributed by atoms with Gasteiger partial charge in [0.1, 0.15) is 5.54 Å². The van der Waals surface area contributed by atoms with E-state index in [0.29, 0.717) is 26.2 Å². The molecular weight excluding hydrogens is 200 g/mol. The highest BCUT2D eigenvalue weighted by molar-refractivity contribution is 5.86. The molecule has 15 heavy (non-hydrogen) atoms. The largest absolute Gasteiger partial charge is 0.394 e. The van der Waals surface area contributed by atoms with Crippen molar-refractivity contribution in [3.63, 3.8) is 0 Å². The molecule has 0 bridgehead atoms. The Labute approximate surface area is 88.7 Å². The lowest BCUT2D eigenvalue weighted by molar-refractivity contribution is -0.126. The molecule has 0 radical (unpaired) electrons. The molecule has 1 heterocycles. The third kappa shape index (κ3) is 3.75. The summed E-state index contributed by atoms with van der Waals surface area (Å²) < 4.78 is 10.1. The molecule has 1 atom stereocenters. The second-order valence-electron chi connectivity index (χ2n) is 3.55. The second-order valence-corrected chi connectivity index (χ2v) is 3.55. The van der Waals surface area contributed by atoms with Crippen LogP contribution in [-0.4, -0.2) is 56.1 Å². The highest BCUT2D eigenvalue weighted by Crippen LogP contribution is 2.14. The molecule has 1 unspecified atom stereocenters. The average molecular weight is 218 g/mol. The lowest BCUT2D eigenvalue weighted by Crippen LogP contribution is -2.55. The van der Waals surface area contributed by atoms with Crippen molar-refractivity contribution >= 4 is 5.91 Å². The van der Waals surface area contributed by atoms with Crippen LogP contribution >= 0.6 is 0 Å². The van der Waals surface area contributed by atoms with Crippen LogP contribution in [0.1, 0.15) is 6.42 Å². The zero-order valence-electron chi connectivity index (χ0n) is 8.70. The van der Waals surface area contributed by atoms with E-state index in [1.54, 1.807) is 0 Å². The van der Waals surface area contributed by atoms with Gasteiger partial charge < -0.3 is 25.6 Å². The van der Waals surface area contributed by atoms with Gasteiger partial charge in [0.2, 0.25) is 5.91 Å². The predicted octanol–water partition coefficient (Wildman–Crippen LogP) is -1.77. The lowest BCUT2D eigenvalue weighted by atomic mass is 9.99. The van der Waals surface area contributed by atoms with Crippen molar-refractivity contribution < 1.29 is 19.4 Å². The Morgan fingerprint density at radius 3 is 3.00 bits per heavy atom. The molecule has 1 saturated heterocycles. The third-order valence-electron chi connectivity index (χ3n) is 2.27. The van der Waals surface area contributed by atoms with E-state index < -0.39 is 5.54 Å². The van der Waals surface area contributed by atoms with Crippen molar-refractivity contribution in [1.29, 1.82) is 0 Å². The topological polar surface area (TPSA) is 93.8 Å². The van der Waals surface area contributed by atoms with E-state index in [-0.39, 0.29) is 25.7 Å². The van der Waals surface area contributed by atoms with E-state index >= 15 is 0 Å². The minimum atomic E-state index is -0.878. The molecule has 1 aliphatic heterocycles. The van der Waals surface area contributed by atoms with Crippen LogP contribution in [0, 0.1) is 0 Å². The Balaban J connectivity index is 2.12. The van der Waals surface area contributed by atoms with Gasteiger partial charge in [-0.2, -0.15) is 0 Å². The first-order valence-electron chi connectivity index (χ1n) is 5.02. The van der Waals surface area contributed by atoms with Crippen molar-refractivity contribution in [3.05, 3.63) is 0 Å². The van der Waals surface area contributed by atoms with E-state index in [1.807, 2.05) is 0 Å². The number of aliphatic hydroxyl groups is 1. The van der Waals surface area contributed by atoms with Gasteiger partial charge >= 0.3 is 0 Å². The van der Waals surface area contributed by atoms with E-state index in [0.717, 1.165) is 0 Å².